The number of aryl methyl sites for hydroxylation is 2. The molecule has 25 heavy (non-hydrogen) atoms. The molecule has 0 aliphatic heterocycles. The zero-order valence-corrected chi connectivity index (χ0v) is 14.9. The van der Waals surface area contributed by atoms with Crippen LogP contribution in [0.25, 0.3) is 22.8 Å². The smallest absolute Gasteiger partial charge is 0.258 e. The zero-order valence-electron chi connectivity index (χ0n) is 14.9. The maximum atomic E-state index is 5.49. The summed E-state index contributed by atoms with van der Waals surface area (Å²) in [7, 11) is 0. The van der Waals surface area contributed by atoms with Crippen molar-refractivity contribution in [2.24, 2.45) is 0 Å². The molecule has 0 amide bonds. The van der Waals surface area contributed by atoms with Gasteiger partial charge in [-0.05, 0) is 52.0 Å². The maximum Gasteiger partial charge on any atom is 0.258 e. The Morgan fingerprint density at radius 2 is 1.40 bits per heavy atom. The van der Waals surface area contributed by atoms with E-state index in [0.717, 1.165) is 47.2 Å². The number of anilines is 2. The topological polar surface area (TPSA) is 88.8 Å². The molecule has 0 spiro atoms. The van der Waals surface area contributed by atoms with Gasteiger partial charge in [-0.1, -0.05) is 5.16 Å². The van der Waals surface area contributed by atoms with Crippen LogP contribution in [0.15, 0.2) is 28.8 Å². The fourth-order valence-corrected chi connectivity index (χ4v) is 2.62. The van der Waals surface area contributed by atoms with Crippen LogP contribution in [0, 0.1) is 13.8 Å². The molecule has 3 aromatic heterocycles. The summed E-state index contributed by atoms with van der Waals surface area (Å²) in [6.45, 7) is 9.53. The number of hydrogen-bond donors (Lipinski definition) is 2. The molecule has 0 radical (unpaired) electrons. The number of rotatable bonds is 6. The number of nitrogens with one attached hydrogen (secondary N) is 2. The molecule has 0 saturated heterocycles. The Morgan fingerprint density at radius 3 is 1.96 bits per heavy atom. The van der Waals surface area contributed by atoms with Crippen LogP contribution in [0.5, 0.6) is 0 Å². The first-order chi connectivity index (χ1) is 12.1. The second kappa shape index (κ2) is 7.29. The highest BCUT2D eigenvalue weighted by molar-refractivity contribution is 5.66. The standard InChI is InChI=1S/C18H22N6O/c1-5-19-15-9-14(10-16(22-15)20-6-2)18-23-17(24-25-18)13-7-11(3)21-12(4)8-13/h7-10H,5-6H2,1-4H3,(H2,19,20,22). The monoisotopic (exact) mass is 338 g/mol. The normalized spacial score (nSPS) is 10.7. The van der Waals surface area contributed by atoms with Crippen molar-refractivity contribution < 1.29 is 4.52 Å². The van der Waals surface area contributed by atoms with Crippen molar-refractivity contribution in [3.05, 3.63) is 35.7 Å². The van der Waals surface area contributed by atoms with Gasteiger partial charge >= 0.3 is 0 Å². The van der Waals surface area contributed by atoms with E-state index >= 15 is 0 Å². The summed E-state index contributed by atoms with van der Waals surface area (Å²) in [6.07, 6.45) is 0. The molecule has 3 aromatic rings. The van der Waals surface area contributed by atoms with Crippen LogP contribution >= 0.6 is 0 Å². The first-order valence-electron chi connectivity index (χ1n) is 8.38. The first-order valence-corrected chi connectivity index (χ1v) is 8.38. The first kappa shape index (κ1) is 16.9. The molecule has 0 atom stereocenters. The highest BCUT2D eigenvalue weighted by Crippen LogP contribution is 2.26. The van der Waals surface area contributed by atoms with Crippen molar-refractivity contribution in [1.82, 2.24) is 20.1 Å². The van der Waals surface area contributed by atoms with Gasteiger partial charge < -0.3 is 15.2 Å². The molecule has 0 unspecified atom stereocenters. The SMILES string of the molecule is CCNc1cc(-c2nc(-c3cc(C)nc(C)c3)no2)cc(NCC)n1. The minimum absolute atomic E-state index is 0.461. The molecule has 0 aromatic carbocycles. The van der Waals surface area contributed by atoms with Crippen molar-refractivity contribution in [2.45, 2.75) is 27.7 Å². The Balaban J connectivity index is 1.98. The van der Waals surface area contributed by atoms with Crippen LogP contribution in [0.3, 0.4) is 0 Å². The lowest BCUT2D eigenvalue weighted by atomic mass is 10.2. The van der Waals surface area contributed by atoms with E-state index in [2.05, 4.69) is 30.7 Å². The molecule has 7 nitrogen and oxygen atoms in total. The largest absolute Gasteiger partial charge is 0.370 e. The number of aromatic nitrogens is 4. The van der Waals surface area contributed by atoms with E-state index in [1.54, 1.807) is 0 Å². The van der Waals surface area contributed by atoms with E-state index in [0.29, 0.717) is 11.7 Å². The lowest BCUT2D eigenvalue weighted by molar-refractivity contribution is 0.432. The van der Waals surface area contributed by atoms with Gasteiger partial charge in [-0.2, -0.15) is 4.98 Å². The molecule has 3 heterocycles. The minimum Gasteiger partial charge on any atom is -0.370 e. The van der Waals surface area contributed by atoms with E-state index in [1.807, 2.05) is 52.0 Å². The van der Waals surface area contributed by atoms with Gasteiger partial charge in [0.25, 0.3) is 5.89 Å². The van der Waals surface area contributed by atoms with Crippen molar-refractivity contribution >= 4 is 11.6 Å². The zero-order chi connectivity index (χ0) is 17.8. The number of hydrogen-bond acceptors (Lipinski definition) is 7. The van der Waals surface area contributed by atoms with E-state index in [1.165, 1.54) is 0 Å². The van der Waals surface area contributed by atoms with E-state index < -0.39 is 0 Å². The third-order valence-corrected chi connectivity index (χ3v) is 3.55. The maximum absolute atomic E-state index is 5.49. The average Bonchev–Trinajstić information content (AvgIpc) is 3.04. The second-order valence-electron chi connectivity index (χ2n) is 5.75. The molecule has 0 fully saturated rings. The lowest BCUT2D eigenvalue weighted by Crippen LogP contribution is -2.04. The Morgan fingerprint density at radius 1 is 0.800 bits per heavy atom. The Hall–Kier alpha value is -2.96. The van der Waals surface area contributed by atoms with Crippen LogP contribution in [0.1, 0.15) is 25.2 Å². The predicted octanol–water partition coefficient (Wildman–Crippen LogP) is 3.67. The van der Waals surface area contributed by atoms with E-state index in [4.69, 9.17) is 4.52 Å². The fraction of sp³-hybridized carbons (Fsp3) is 0.333. The van der Waals surface area contributed by atoms with Crippen LogP contribution in [-0.2, 0) is 0 Å². The summed E-state index contributed by atoms with van der Waals surface area (Å²) in [4.78, 5) is 13.4. The molecule has 2 N–H and O–H groups in total. The van der Waals surface area contributed by atoms with Crippen LogP contribution < -0.4 is 10.6 Å². The van der Waals surface area contributed by atoms with E-state index in [9.17, 15) is 0 Å². The molecular weight excluding hydrogens is 316 g/mol. The molecule has 0 saturated carbocycles. The third kappa shape index (κ3) is 3.93. The Kier molecular flexibility index (Phi) is 4.92. The summed E-state index contributed by atoms with van der Waals surface area (Å²) in [5.74, 6) is 2.55. The fourth-order valence-electron chi connectivity index (χ4n) is 2.62. The van der Waals surface area contributed by atoms with Crippen LogP contribution in [0.4, 0.5) is 11.6 Å². The van der Waals surface area contributed by atoms with Gasteiger partial charge in [-0.25, -0.2) is 4.98 Å². The molecule has 0 aliphatic carbocycles. The summed E-state index contributed by atoms with van der Waals surface area (Å²) < 4.78 is 5.49. The van der Waals surface area contributed by atoms with Gasteiger partial charge in [0.2, 0.25) is 5.82 Å². The summed E-state index contributed by atoms with van der Waals surface area (Å²) in [5, 5.41) is 10.6. The van der Waals surface area contributed by atoms with Crippen molar-refractivity contribution in [3.8, 4) is 22.8 Å². The van der Waals surface area contributed by atoms with E-state index in [-0.39, 0.29) is 0 Å². The van der Waals surface area contributed by atoms with Crippen molar-refractivity contribution in [1.29, 1.82) is 0 Å². The van der Waals surface area contributed by atoms with Crippen molar-refractivity contribution in [3.63, 3.8) is 0 Å². The van der Waals surface area contributed by atoms with Crippen molar-refractivity contribution in [2.75, 3.05) is 23.7 Å². The van der Waals surface area contributed by atoms with Gasteiger partial charge in [0.1, 0.15) is 11.6 Å². The molecular formula is C18H22N6O. The molecule has 7 heteroatoms. The van der Waals surface area contributed by atoms with Gasteiger partial charge in [0.05, 0.1) is 0 Å². The highest BCUT2D eigenvalue weighted by Gasteiger charge is 2.14. The van der Waals surface area contributed by atoms with Gasteiger partial charge in [0, 0.05) is 35.6 Å². The van der Waals surface area contributed by atoms with Gasteiger partial charge in [-0.15, -0.1) is 0 Å². The Bertz CT molecular complexity index is 829. The van der Waals surface area contributed by atoms with Crippen LogP contribution in [-0.4, -0.2) is 33.2 Å². The highest BCUT2D eigenvalue weighted by atomic mass is 16.5. The Labute approximate surface area is 146 Å². The number of pyridine rings is 2. The lowest BCUT2D eigenvalue weighted by Gasteiger charge is -2.08. The van der Waals surface area contributed by atoms with Crippen LogP contribution in [0.2, 0.25) is 0 Å². The quantitative estimate of drug-likeness (QED) is 0.708. The predicted molar refractivity (Wildman–Crippen MR) is 98.6 cm³/mol. The molecule has 3 rings (SSSR count). The van der Waals surface area contributed by atoms with Gasteiger partial charge in [-0.3, -0.25) is 4.98 Å². The molecule has 0 aliphatic rings. The summed E-state index contributed by atoms with van der Waals surface area (Å²) in [5.41, 5.74) is 3.57. The molecule has 130 valence electrons. The second-order valence-corrected chi connectivity index (χ2v) is 5.75. The summed E-state index contributed by atoms with van der Waals surface area (Å²) in [6, 6.07) is 7.71. The summed E-state index contributed by atoms with van der Waals surface area (Å²) >= 11 is 0. The minimum atomic E-state index is 0.461. The number of nitrogens with zero attached hydrogens (tertiary/aromatic N) is 4. The third-order valence-electron chi connectivity index (χ3n) is 3.55. The average molecular weight is 338 g/mol. The molecule has 0 bridgehead atoms. The van der Waals surface area contributed by atoms with Gasteiger partial charge in [0.15, 0.2) is 0 Å².